The first-order chi connectivity index (χ1) is 19.3. The lowest BCUT2D eigenvalue weighted by Gasteiger charge is -2.14. The van der Waals surface area contributed by atoms with Gasteiger partial charge in [0.2, 0.25) is 0 Å². The largest absolute Gasteiger partial charge is 0.301 e. The Morgan fingerprint density at radius 2 is 1.75 bits per heavy atom. The topological polar surface area (TPSA) is 98.1 Å². The fourth-order valence-corrected chi connectivity index (χ4v) is 6.62. The first-order valence-corrected chi connectivity index (χ1v) is 15.4. The van der Waals surface area contributed by atoms with E-state index in [-0.39, 0.29) is 11.1 Å². The van der Waals surface area contributed by atoms with Gasteiger partial charge in [-0.1, -0.05) is 79.6 Å². The molecule has 0 radical (unpaired) electrons. The van der Waals surface area contributed by atoms with Gasteiger partial charge in [0, 0.05) is 17.5 Å². The minimum Gasteiger partial charge on any atom is -0.292 e. The molecule has 0 saturated heterocycles. The van der Waals surface area contributed by atoms with Crippen molar-refractivity contribution in [3.05, 3.63) is 117 Å². The third-order valence-corrected chi connectivity index (χ3v) is 8.85. The molecular formula is C31H29N3O4S2. The van der Waals surface area contributed by atoms with Crippen molar-refractivity contribution in [1.82, 2.24) is 9.55 Å². The van der Waals surface area contributed by atoms with Crippen molar-refractivity contribution in [2.24, 2.45) is 0 Å². The number of thiophene rings is 1. The Bertz CT molecular complexity index is 1840. The number of carbonyl (C=O) groups excluding carboxylic acids is 1. The van der Waals surface area contributed by atoms with Crippen LogP contribution in [-0.4, -0.2) is 23.1 Å². The molecule has 2 aromatic heterocycles. The van der Waals surface area contributed by atoms with Crippen LogP contribution in [0.15, 0.2) is 89.0 Å². The SMILES string of the molecule is CCCCc1nc2ccc(C)cc2c(=O)n1Cc1ccc(-c2ccsc2NS(=O)(=O)C(=O)c2ccccc2)cc1. The van der Waals surface area contributed by atoms with Crippen LogP contribution in [0.2, 0.25) is 0 Å². The number of sulfonamides is 1. The monoisotopic (exact) mass is 571 g/mol. The summed E-state index contributed by atoms with van der Waals surface area (Å²) in [6.45, 7) is 4.45. The van der Waals surface area contributed by atoms with Gasteiger partial charge >= 0.3 is 10.0 Å². The predicted octanol–water partition coefficient (Wildman–Crippen LogP) is 6.41. The van der Waals surface area contributed by atoms with Crippen molar-refractivity contribution in [2.75, 3.05) is 4.72 Å². The van der Waals surface area contributed by atoms with Crippen LogP contribution in [0.1, 0.15) is 47.1 Å². The summed E-state index contributed by atoms with van der Waals surface area (Å²) in [6.07, 6.45) is 2.65. The molecule has 2 heterocycles. The second-order valence-corrected chi connectivity index (χ2v) is 12.2. The van der Waals surface area contributed by atoms with Gasteiger partial charge in [-0.15, -0.1) is 11.3 Å². The van der Waals surface area contributed by atoms with Gasteiger partial charge in [0.25, 0.3) is 10.7 Å². The van der Waals surface area contributed by atoms with Crippen LogP contribution >= 0.6 is 11.3 Å². The lowest BCUT2D eigenvalue weighted by Crippen LogP contribution is -2.26. The second-order valence-electron chi connectivity index (χ2n) is 9.66. The van der Waals surface area contributed by atoms with Gasteiger partial charge in [-0.3, -0.25) is 18.9 Å². The van der Waals surface area contributed by atoms with E-state index in [0.717, 1.165) is 35.4 Å². The van der Waals surface area contributed by atoms with Crippen LogP contribution in [0, 0.1) is 6.92 Å². The summed E-state index contributed by atoms with van der Waals surface area (Å²) in [5, 5.41) is 1.77. The molecule has 40 heavy (non-hydrogen) atoms. The molecule has 0 spiro atoms. The van der Waals surface area contributed by atoms with Crippen LogP contribution < -0.4 is 10.3 Å². The second kappa shape index (κ2) is 11.6. The predicted molar refractivity (Wildman–Crippen MR) is 162 cm³/mol. The summed E-state index contributed by atoms with van der Waals surface area (Å²) >= 11 is 1.21. The average Bonchev–Trinajstić information content (AvgIpc) is 3.41. The Morgan fingerprint density at radius 1 is 1.00 bits per heavy atom. The maximum Gasteiger partial charge on any atom is 0.301 e. The number of nitrogens with zero attached hydrogens (tertiary/aromatic N) is 2. The molecule has 7 nitrogen and oxygen atoms in total. The molecule has 9 heteroatoms. The first-order valence-electron chi connectivity index (χ1n) is 13.1. The van der Waals surface area contributed by atoms with Crippen LogP contribution in [0.4, 0.5) is 5.00 Å². The van der Waals surface area contributed by atoms with E-state index in [1.165, 1.54) is 23.5 Å². The zero-order chi connectivity index (χ0) is 28.3. The first kappa shape index (κ1) is 27.5. The number of fused-ring (bicyclic) bond motifs is 1. The number of hydrogen-bond donors (Lipinski definition) is 1. The highest BCUT2D eigenvalue weighted by atomic mass is 32.2. The molecule has 0 fully saturated rings. The van der Waals surface area contributed by atoms with Crippen LogP contribution in [0.5, 0.6) is 0 Å². The van der Waals surface area contributed by atoms with Crippen LogP contribution in [0.25, 0.3) is 22.0 Å². The van der Waals surface area contributed by atoms with Crippen LogP contribution in [-0.2, 0) is 23.0 Å². The Morgan fingerprint density at radius 3 is 2.48 bits per heavy atom. The third-order valence-electron chi connectivity index (χ3n) is 6.69. The summed E-state index contributed by atoms with van der Waals surface area (Å²) in [5.41, 5.74) is 4.16. The van der Waals surface area contributed by atoms with Gasteiger partial charge < -0.3 is 0 Å². The highest BCUT2D eigenvalue weighted by molar-refractivity contribution is 8.07. The van der Waals surface area contributed by atoms with E-state index in [4.69, 9.17) is 4.98 Å². The number of benzene rings is 3. The van der Waals surface area contributed by atoms with E-state index >= 15 is 0 Å². The summed E-state index contributed by atoms with van der Waals surface area (Å²) in [7, 11) is -4.28. The van der Waals surface area contributed by atoms with E-state index in [2.05, 4.69) is 11.6 Å². The summed E-state index contributed by atoms with van der Waals surface area (Å²) in [5.74, 6) is 0.768. The summed E-state index contributed by atoms with van der Waals surface area (Å²) in [4.78, 5) is 30.9. The van der Waals surface area contributed by atoms with E-state index in [9.17, 15) is 18.0 Å². The highest BCUT2D eigenvalue weighted by Crippen LogP contribution is 2.34. The van der Waals surface area contributed by atoms with E-state index in [1.54, 1.807) is 28.1 Å². The number of aryl methyl sites for hydroxylation is 2. The number of hydrogen-bond acceptors (Lipinski definition) is 6. The molecule has 5 aromatic rings. The normalized spacial score (nSPS) is 11.6. The molecule has 0 aliphatic rings. The molecule has 3 aromatic carbocycles. The highest BCUT2D eigenvalue weighted by Gasteiger charge is 2.25. The molecule has 0 saturated carbocycles. The van der Waals surface area contributed by atoms with Gasteiger partial charge in [-0.05, 0) is 48.1 Å². The summed E-state index contributed by atoms with van der Waals surface area (Å²) < 4.78 is 29.8. The van der Waals surface area contributed by atoms with Gasteiger partial charge in [0.05, 0.1) is 17.4 Å². The smallest absolute Gasteiger partial charge is 0.292 e. The molecule has 0 amide bonds. The summed E-state index contributed by atoms with van der Waals surface area (Å²) in [6, 6.07) is 23.1. The Labute approximate surface area is 237 Å². The molecule has 204 valence electrons. The maximum absolute atomic E-state index is 13.5. The zero-order valence-corrected chi connectivity index (χ0v) is 23.9. The van der Waals surface area contributed by atoms with E-state index in [0.29, 0.717) is 34.4 Å². The van der Waals surface area contributed by atoms with Crippen LogP contribution in [0.3, 0.4) is 0 Å². The molecule has 0 aliphatic carbocycles. The van der Waals surface area contributed by atoms with Crippen molar-refractivity contribution in [1.29, 1.82) is 0 Å². The van der Waals surface area contributed by atoms with Crippen molar-refractivity contribution < 1.29 is 13.2 Å². The van der Waals surface area contributed by atoms with Gasteiger partial charge in [-0.25, -0.2) is 4.98 Å². The quantitative estimate of drug-likeness (QED) is 0.221. The number of aromatic nitrogens is 2. The Kier molecular flexibility index (Phi) is 7.95. The molecule has 1 N–H and O–H groups in total. The number of rotatable bonds is 9. The molecule has 5 rings (SSSR count). The molecule has 0 unspecified atom stereocenters. The van der Waals surface area contributed by atoms with Gasteiger partial charge in [0.1, 0.15) is 10.8 Å². The third kappa shape index (κ3) is 5.76. The average molecular weight is 572 g/mol. The van der Waals surface area contributed by atoms with Crippen molar-refractivity contribution in [2.45, 2.75) is 39.7 Å². The van der Waals surface area contributed by atoms with Gasteiger partial charge in [0.15, 0.2) is 0 Å². The lowest BCUT2D eigenvalue weighted by molar-refractivity contribution is 0.107. The molecule has 0 aliphatic heterocycles. The zero-order valence-electron chi connectivity index (χ0n) is 22.3. The van der Waals surface area contributed by atoms with Crippen molar-refractivity contribution in [3.8, 4) is 11.1 Å². The van der Waals surface area contributed by atoms with Gasteiger partial charge in [-0.2, -0.15) is 8.42 Å². The fraction of sp³-hybridized carbons (Fsp3) is 0.194. The minimum absolute atomic E-state index is 0.0542. The van der Waals surface area contributed by atoms with Crippen molar-refractivity contribution >= 4 is 42.4 Å². The van der Waals surface area contributed by atoms with Crippen molar-refractivity contribution in [3.63, 3.8) is 0 Å². The maximum atomic E-state index is 13.5. The fourth-order valence-electron chi connectivity index (χ4n) is 4.56. The lowest BCUT2D eigenvalue weighted by atomic mass is 10.1. The molecule has 0 bridgehead atoms. The Balaban J connectivity index is 1.41. The number of anilines is 1. The molecule has 0 atom stereocenters. The number of unbranched alkanes of at least 4 members (excludes halogenated alkanes) is 1. The van der Waals surface area contributed by atoms with E-state index < -0.39 is 15.1 Å². The number of carbonyl (C=O) groups is 1. The number of nitrogens with one attached hydrogen (secondary N) is 1. The standard InChI is InChI=1S/C31H29N3O4S2/c1-3-4-10-28-32-27-16-11-21(2)19-26(27)30(35)34(28)20-22-12-14-23(15-13-22)25-17-18-39-29(25)33-40(37,38)31(36)24-8-6-5-7-9-24/h5-9,11-19,33H,3-4,10,20H2,1-2H3. The molecular weight excluding hydrogens is 542 g/mol. The Hall–Kier alpha value is -4.08. The minimum atomic E-state index is -4.28. The van der Waals surface area contributed by atoms with E-state index in [1.807, 2.05) is 55.5 Å².